The van der Waals surface area contributed by atoms with Crippen molar-refractivity contribution in [3.8, 4) is 0 Å². The molecule has 0 aliphatic rings. The van der Waals surface area contributed by atoms with E-state index in [2.05, 4.69) is 68.3 Å². The Bertz CT molecular complexity index is 769. The fourth-order valence-electron chi connectivity index (χ4n) is 2.33. The van der Waals surface area contributed by atoms with E-state index in [0.29, 0.717) is 0 Å². The first-order valence-electron chi connectivity index (χ1n) is 7.13. The molecule has 110 valence electrons. The average Bonchev–Trinajstić information content (AvgIpc) is 2.97. The normalized spacial score (nSPS) is 12.0. The molecule has 0 radical (unpaired) electrons. The predicted molar refractivity (Wildman–Crippen MR) is 84.6 cm³/mol. The number of hydrogen-bond donors (Lipinski definition) is 1. The maximum Gasteiger partial charge on any atom is 0.171 e. The van der Waals surface area contributed by atoms with E-state index in [1.165, 1.54) is 0 Å². The van der Waals surface area contributed by atoms with Crippen molar-refractivity contribution in [3.05, 3.63) is 47.7 Å². The molecule has 0 bridgehead atoms. The highest BCUT2D eigenvalue weighted by molar-refractivity contribution is 5.68. The lowest BCUT2D eigenvalue weighted by molar-refractivity contribution is 0.562. The van der Waals surface area contributed by atoms with Crippen LogP contribution in [0.1, 0.15) is 37.9 Å². The van der Waals surface area contributed by atoms with Gasteiger partial charge < -0.3 is 0 Å². The molecular formula is C16H21N5. The van der Waals surface area contributed by atoms with Crippen LogP contribution in [0.5, 0.6) is 0 Å². The van der Waals surface area contributed by atoms with Crippen LogP contribution in [0, 0.1) is 13.8 Å². The van der Waals surface area contributed by atoms with Gasteiger partial charge in [-0.1, -0.05) is 20.8 Å². The highest BCUT2D eigenvalue weighted by Crippen LogP contribution is 2.24. The zero-order valence-electron chi connectivity index (χ0n) is 13.2. The van der Waals surface area contributed by atoms with Crippen LogP contribution in [-0.4, -0.2) is 19.3 Å². The Morgan fingerprint density at radius 1 is 1.10 bits per heavy atom. The van der Waals surface area contributed by atoms with E-state index in [4.69, 9.17) is 0 Å². The predicted octanol–water partition coefficient (Wildman–Crippen LogP) is 3.32. The first-order chi connectivity index (χ1) is 9.86. The van der Waals surface area contributed by atoms with Crippen LogP contribution in [0.15, 0.2) is 30.6 Å². The van der Waals surface area contributed by atoms with E-state index in [1.807, 2.05) is 15.4 Å². The molecule has 0 saturated heterocycles. The van der Waals surface area contributed by atoms with Crippen molar-refractivity contribution in [2.75, 3.05) is 5.43 Å². The van der Waals surface area contributed by atoms with E-state index < -0.39 is 0 Å². The lowest BCUT2D eigenvalue weighted by Gasteiger charge is -2.13. The van der Waals surface area contributed by atoms with Crippen LogP contribution in [0.2, 0.25) is 0 Å². The van der Waals surface area contributed by atoms with Crippen molar-refractivity contribution in [3.63, 3.8) is 0 Å². The molecular weight excluding hydrogens is 262 g/mol. The molecule has 3 rings (SSSR count). The second-order valence-electron chi connectivity index (χ2n) is 6.45. The molecule has 0 unspecified atom stereocenters. The van der Waals surface area contributed by atoms with Gasteiger partial charge in [-0.25, -0.2) is 9.50 Å². The Hall–Kier alpha value is -2.30. The summed E-state index contributed by atoms with van der Waals surface area (Å²) in [6.07, 6.45) is 3.65. The molecule has 0 aliphatic carbocycles. The molecule has 0 amide bonds. The molecule has 5 nitrogen and oxygen atoms in total. The minimum absolute atomic E-state index is 0.0164. The van der Waals surface area contributed by atoms with Gasteiger partial charge >= 0.3 is 0 Å². The first-order valence-corrected chi connectivity index (χ1v) is 7.13. The summed E-state index contributed by atoms with van der Waals surface area (Å²) in [5.74, 6) is 0.808. The molecule has 0 saturated carbocycles. The van der Waals surface area contributed by atoms with E-state index in [1.54, 1.807) is 6.20 Å². The molecule has 3 heterocycles. The van der Waals surface area contributed by atoms with Crippen molar-refractivity contribution in [1.82, 2.24) is 19.3 Å². The summed E-state index contributed by atoms with van der Waals surface area (Å²) in [6, 6.07) is 6.27. The summed E-state index contributed by atoms with van der Waals surface area (Å²) in [5, 5.41) is 4.65. The van der Waals surface area contributed by atoms with Gasteiger partial charge in [0.15, 0.2) is 5.82 Å². The highest BCUT2D eigenvalue weighted by Gasteiger charge is 2.19. The van der Waals surface area contributed by atoms with E-state index in [-0.39, 0.29) is 5.41 Å². The molecule has 5 heteroatoms. The van der Waals surface area contributed by atoms with Gasteiger partial charge in [0.05, 0.1) is 5.69 Å². The maximum atomic E-state index is 4.65. The van der Waals surface area contributed by atoms with Crippen LogP contribution in [0.3, 0.4) is 0 Å². The van der Waals surface area contributed by atoms with E-state index in [0.717, 1.165) is 28.4 Å². The smallest absolute Gasteiger partial charge is 0.171 e. The van der Waals surface area contributed by atoms with Gasteiger partial charge in [0.1, 0.15) is 5.52 Å². The number of nitrogens with zero attached hydrogens (tertiary/aromatic N) is 4. The summed E-state index contributed by atoms with van der Waals surface area (Å²) in [6.45, 7) is 10.6. The van der Waals surface area contributed by atoms with Crippen LogP contribution in [0.25, 0.3) is 5.52 Å². The summed E-state index contributed by atoms with van der Waals surface area (Å²) in [7, 11) is 0. The van der Waals surface area contributed by atoms with Gasteiger partial charge in [-0.05, 0) is 32.0 Å². The highest BCUT2D eigenvalue weighted by atomic mass is 15.4. The van der Waals surface area contributed by atoms with Gasteiger partial charge in [-0.15, -0.1) is 0 Å². The second-order valence-corrected chi connectivity index (χ2v) is 6.45. The number of anilines is 1. The standard InChI is InChI=1S/C16H21N5/c1-11-6-7-12(2)21(11)19-15-13-10-14(16(3,4)5)18-20(13)9-8-17-15/h6-10H,1-5H3,(H,17,19). The molecule has 0 aliphatic heterocycles. The number of rotatable bonds is 2. The van der Waals surface area contributed by atoms with Gasteiger partial charge in [-0.2, -0.15) is 5.10 Å². The van der Waals surface area contributed by atoms with Crippen molar-refractivity contribution in [2.45, 2.75) is 40.0 Å². The van der Waals surface area contributed by atoms with Crippen LogP contribution >= 0.6 is 0 Å². The van der Waals surface area contributed by atoms with Gasteiger partial charge in [0.25, 0.3) is 0 Å². The summed E-state index contributed by atoms with van der Waals surface area (Å²) in [5.41, 5.74) is 7.72. The number of aromatic nitrogens is 4. The van der Waals surface area contributed by atoms with E-state index in [9.17, 15) is 0 Å². The Kier molecular flexibility index (Phi) is 3.01. The lowest BCUT2D eigenvalue weighted by atomic mass is 9.92. The third-order valence-corrected chi connectivity index (χ3v) is 3.65. The van der Waals surface area contributed by atoms with Gasteiger partial charge in [-0.3, -0.25) is 10.1 Å². The van der Waals surface area contributed by atoms with Crippen LogP contribution < -0.4 is 5.43 Å². The molecule has 0 spiro atoms. The molecule has 0 fully saturated rings. The Balaban J connectivity index is 2.09. The van der Waals surface area contributed by atoms with Crippen LogP contribution in [0.4, 0.5) is 5.82 Å². The SMILES string of the molecule is Cc1ccc(C)n1Nc1nccn2nc(C(C)(C)C)cc12. The third kappa shape index (κ3) is 2.39. The van der Waals surface area contributed by atoms with Gasteiger partial charge in [0, 0.05) is 29.2 Å². The quantitative estimate of drug-likeness (QED) is 0.785. The summed E-state index contributed by atoms with van der Waals surface area (Å²) < 4.78 is 3.91. The molecule has 0 aromatic carbocycles. The van der Waals surface area contributed by atoms with Crippen molar-refractivity contribution >= 4 is 11.3 Å². The Labute approximate surface area is 124 Å². The van der Waals surface area contributed by atoms with E-state index >= 15 is 0 Å². The zero-order chi connectivity index (χ0) is 15.2. The monoisotopic (exact) mass is 283 g/mol. The summed E-state index contributed by atoms with van der Waals surface area (Å²) in [4.78, 5) is 4.47. The number of aryl methyl sites for hydroxylation is 2. The minimum Gasteiger partial charge on any atom is -0.276 e. The van der Waals surface area contributed by atoms with Crippen molar-refractivity contribution in [2.24, 2.45) is 0 Å². The second kappa shape index (κ2) is 4.62. The zero-order valence-corrected chi connectivity index (χ0v) is 13.2. The molecule has 21 heavy (non-hydrogen) atoms. The van der Waals surface area contributed by atoms with Crippen LogP contribution in [-0.2, 0) is 5.41 Å². The number of fused-ring (bicyclic) bond motifs is 1. The minimum atomic E-state index is 0.0164. The topological polar surface area (TPSA) is 47.2 Å². The fraction of sp³-hybridized carbons (Fsp3) is 0.375. The summed E-state index contributed by atoms with van der Waals surface area (Å²) >= 11 is 0. The first kappa shape index (κ1) is 13.7. The number of nitrogens with one attached hydrogen (secondary N) is 1. The molecule has 3 aromatic rings. The Morgan fingerprint density at radius 2 is 1.76 bits per heavy atom. The molecule has 0 atom stereocenters. The largest absolute Gasteiger partial charge is 0.276 e. The van der Waals surface area contributed by atoms with Gasteiger partial charge in [0.2, 0.25) is 0 Å². The number of hydrogen-bond acceptors (Lipinski definition) is 3. The molecule has 3 aromatic heterocycles. The average molecular weight is 283 g/mol. The Morgan fingerprint density at radius 3 is 2.38 bits per heavy atom. The fourth-order valence-corrected chi connectivity index (χ4v) is 2.33. The van der Waals surface area contributed by atoms with Crippen molar-refractivity contribution in [1.29, 1.82) is 0 Å². The molecule has 1 N–H and O–H groups in total. The lowest BCUT2D eigenvalue weighted by Crippen LogP contribution is -2.14. The third-order valence-electron chi connectivity index (χ3n) is 3.65. The van der Waals surface area contributed by atoms with Crippen molar-refractivity contribution < 1.29 is 0 Å². The maximum absolute atomic E-state index is 4.65.